The zero-order valence-corrected chi connectivity index (χ0v) is 12.0. The number of ether oxygens (including phenoxy) is 2. The lowest BCUT2D eigenvalue weighted by molar-refractivity contribution is -0.145. The number of carbonyl (C=O) groups is 2. The second-order valence-electron chi connectivity index (χ2n) is 4.69. The van der Waals surface area contributed by atoms with Gasteiger partial charge in [0.2, 0.25) is 0 Å². The molecule has 0 aromatic heterocycles. The van der Waals surface area contributed by atoms with Gasteiger partial charge in [0.1, 0.15) is 18.7 Å². The number of rotatable bonds is 6. The number of esters is 1. The highest BCUT2D eigenvalue weighted by atomic mass is 16.6. The molecular weight excluding hydrogens is 272 g/mol. The summed E-state index contributed by atoms with van der Waals surface area (Å²) in [4.78, 5) is 23.4. The fraction of sp³-hybridized carbons (Fsp3) is 0.400. The quantitative estimate of drug-likeness (QED) is 0.809. The standard InChI is InChI=1S/C15H18N2O4/c1-11(2)13(14(18)20-9-8-16)17-15(19)21-10-12-6-4-3-5-7-12/h3-7,11,13H,9-10H2,1-2H3,(H,17,19)/t13-/m0/s1. The summed E-state index contributed by atoms with van der Waals surface area (Å²) >= 11 is 0. The number of benzene rings is 1. The second-order valence-corrected chi connectivity index (χ2v) is 4.69. The highest BCUT2D eigenvalue weighted by Crippen LogP contribution is 2.06. The van der Waals surface area contributed by atoms with Crippen LogP contribution in [0.4, 0.5) is 4.79 Å². The Morgan fingerprint density at radius 3 is 2.48 bits per heavy atom. The van der Waals surface area contributed by atoms with Crippen molar-refractivity contribution in [1.29, 1.82) is 5.26 Å². The molecule has 0 heterocycles. The summed E-state index contributed by atoms with van der Waals surface area (Å²) in [5.41, 5.74) is 0.848. The number of hydrogen-bond donors (Lipinski definition) is 1. The monoisotopic (exact) mass is 290 g/mol. The van der Waals surface area contributed by atoms with Crippen molar-refractivity contribution in [3.8, 4) is 6.07 Å². The predicted molar refractivity (Wildman–Crippen MR) is 75.0 cm³/mol. The molecule has 0 saturated heterocycles. The highest BCUT2D eigenvalue weighted by Gasteiger charge is 2.26. The molecule has 0 aliphatic heterocycles. The molecule has 0 aliphatic rings. The molecule has 0 bridgehead atoms. The van der Waals surface area contributed by atoms with Crippen LogP contribution in [0.3, 0.4) is 0 Å². The van der Waals surface area contributed by atoms with Crippen molar-refractivity contribution in [3.63, 3.8) is 0 Å². The molecule has 6 nitrogen and oxygen atoms in total. The number of hydrogen-bond acceptors (Lipinski definition) is 5. The third kappa shape index (κ3) is 5.95. The van der Waals surface area contributed by atoms with Crippen molar-refractivity contribution in [1.82, 2.24) is 5.32 Å². The summed E-state index contributed by atoms with van der Waals surface area (Å²) in [7, 11) is 0. The molecule has 0 aliphatic carbocycles. The molecule has 1 N–H and O–H groups in total. The molecule has 0 radical (unpaired) electrons. The summed E-state index contributed by atoms with van der Waals surface area (Å²) in [6.45, 7) is 3.29. The molecule has 0 fully saturated rings. The maximum atomic E-state index is 11.7. The molecular formula is C15H18N2O4. The summed E-state index contributed by atoms with van der Waals surface area (Å²) < 4.78 is 9.75. The Balaban J connectivity index is 2.49. The van der Waals surface area contributed by atoms with Gasteiger partial charge in [0.15, 0.2) is 6.61 Å². The SMILES string of the molecule is CC(C)[C@H](NC(=O)OCc1ccccc1)C(=O)OCC#N. The van der Waals surface area contributed by atoms with Gasteiger partial charge >= 0.3 is 12.1 Å². The van der Waals surface area contributed by atoms with E-state index in [1.54, 1.807) is 19.9 Å². The van der Waals surface area contributed by atoms with E-state index in [0.29, 0.717) is 0 Å². The van der Waals surface area contributed by atoms with Crippen molar-refractivity contribution in [3.05, 3.63) is 35.9 Å². The topological polar surface area (TPSA) is 88.4 Å². The Bertz CT molecular complexity index is 508. The zero-order valence-electron chi connectivity index (χ0n) is 12.0. The average Bonchev–Trinajstić information content (AvgIpc) is 2.49. The first-order chi connectivity index (χ1) is 10.0. The number of nitrogens with zero attached hydrogens (tertiary/aromatic N) is 1. The van der Waals surface area contributed by atoms with E-state index in [1.165, 1.54) is 0 Å². The molecule has 1 atom stereocenters. The number of alkyl carbamates (subject to hydrolysis) is 1. The Morgan fingerprint density at radius 1 is 1.24 bits per heavy atom. The molecule has 1 amide bonds. The van der Waals surface area contributed by atoms with E-state index in [0.717, 1.165) is 5.56 Å². The van der Waals surface area contributed by atoms with Crippen LogP contribution in [0.15, 0.2) is 30.3 Å². The minimum atomic E-state index is -0.846. The van der Waals surface area contributed by atoms with E-state index in [1.807, 2.05) is 30.3 Å². The van der Waals surface area contributed by atoms with Crippen molar-refractivity contribution < 1.29 is 19.1 Å². The largest absolute Gasteiger partial charge is 0.449 e. The maximum Gasteiger partial charge on any atom is 0.408 e. The van der Waals surface area contributed by atoms with Crippen LogP contribution in [0, 0.1) is 17.2 Å². The molecule has 6 heteroatoms. The molecule has 1 aromatic carbocycles. The first kappa shape index (κ1) is 16.5. The van der Waals surface area contributed by atoms with Crippen molar-refractivity contribution in [2.75, 3.05) is 6.61 Å². The van der Waals surface area contributed by atoms with Crippen LogP contribution in [-0.4, -0.2) is 24.7 Å². The fourth-order valence-electron chi connectivity index (χ4n) is 1.58. The van der Waals surface area contributed by atoms with Crippen LogP contribution in [-0.2, 0) is 20.9 Å². The third-order valence-electron chi connectivity index (χ3n) is 2.69. The van der Waals surface area contributed by atoms with Gasteiger partial charge in [0, 0.05) is 0 Å². The number of nitriles is 1. The minimum absolute atomic E-state index is 0.116. The average molecular weight is 290 g/mol. The van der Waals surface area contributed by atoms with Crippen molar-refractivity contribution >= 4 is 12.1 Å². The number of nitrogens with one attached hydrogen (secondary N) is 1. The maximum absolute atomic E-state index is 11.7. The van der Waals surface area contributed by atoms with Gasteiger partial charge in [-0.2, -0.15) is 5.26 Å². The van der Waals surface area contributed by atoms with E-state index < -0.39 is 18.1 Å². The summed E-state index contributed by atoms with van der Waals surface area (Å²) in [6, 6.07) is 10.1. The Hall–Kier alpha value is -2.55. The smallest absolute Gasteiger partial charge is 0.408 e. The second kappa shape index (κ2) is 8.59. The van der Waals surface area contributed by atoms with Gasteiger partial charge in [-0.1, -0.05) is 44.2 Å². The van der Waals surface area contributed by atoms with Gasteiger partial charge in [-0.25, -0.2) is 9.59 Å². The summed E-state index contributed by atoms with van der Waals surface area (Å²) in [6.07, 6.45) is -0.702. The summed E-state index contributed by atoms with van der Waals surface area (Å²) in [5, 5.41) is 10.8. The molecule has 0 unspecified atom stereocenters. The van der Waals surface area contributed by atoms with E-state index in [9.17, 15) is 9.59 Å². The molecule has 1 rings (SSSR count). The summed E-state index contributed by atoms with van der Waals surface area (Å²) in [5.74, 6) is -0.830. The Kier molecular flexibility index (Phi) is 6.75. The number of amides is 1. The van der Waals surface area contributed by atoms with Crippen molar-refractivity contribution in [2.45, 2.75) is 26.5 Å². The normalized spacial score (nSPS) is 11.3. The van der Waals surface area contributed by atoms with Gasteiger partial charge in [0.25, 0.3) is 0 Å². The van der Waals surface area contributed by atoms with Crippen LogP contribution in [0.25, 0.3) is 0 Å². The first-order valence-electron chi connectivity index (χ1n) is 6.55. The van der Waals surface area contributed by atoms with Crippen LogP contribution < -0.4 is 5.32 Å². The zero-order chi connectivity index (χ0) is 15.7. The lowest BCUT2D eigenvalue weighted by atomic mass is 10.1. The molecule has 0 spiro atoms. The predicted octanol–water partition coefficient (Wildman–Crippen LogP) is 2.00. The van der Waals surface area contributed by atoms with E-state index >= 15 is 0 Å². The van der Waals surface area contributed by atoms with Gasteiger partial charge in [-0.15, -0.1) is 0 Å². The first-order valence-corrected chi connectivity index (χ1v) is 6.55. The fourth-order valence-corrected chi connectivity index (χ4v) is 1.58. The lowest BCUT2D eigenvalue weighted by Crippen LogP contribution is -2.45. The van der Waals surface area contributed by atoms with Crippen LogP contribution in [0.1, 0.15) is 19.4 Å². The third-order valence-corrected chi connectivity index (χ3v) is 2.69. The van der Waals surface area contributed by atoms with Gasteiger partial charge in [-0.05, 0) is 11.5 Å². The molecule has 21 heavy (non-hydrogen) atoms. The van der Waals surface area contributed by atoms with Gasteiger partial charge in [0.05, 0.1) is 0 Å². The molecule has 0 saturated carbocycles. The highest BCUT2D eigenvalue weighted by molar-refractivity contribution is 5.81. The van der Waals surface area contributed by atoms with Gasteiger partial charge < -0.3 is 14.8 Å². The van der Waals surface area contributed by atoms with Crippen LogP contribution in [0.2, 0.25) is 0 Å². The van der Waals surface area contributed by atoms with Crippen LogP contribution in [0.5, 0.6) is 0 Å². The lowest BCUT2D eigenvalue weighted by Gasteiger charge is -2.19. The van der Waals surface area contributed by atoms with E-state index in [4.69, 9.17) is 14.7 Å². The van der Waals surface area contributed by atoms with Crippen molar-refractivity contribution in [2.24, 2.45) is 5.92 Å². The number of carbonyl (C=O) groups excluding carboxylic acids is 2. The molecule has 1 aromatic rings. The molecule has 112 valence electrons. The van der Waals surface area contributed by atoms with Crippen LogP contribution >= 0.6 is 0 Å². The minimum Gasteiger partial charge on any atom is -0.449 e. The van der Waals surface area contributed by atoms with E-state index in [-0.39, 0.29) is 19.1 Å². The Labute approximate surface area is 123 Å². The van der Waals surface area contributed by atoms with Gasteiger partial charge in [-0.3, -0.25) is 0 Å². The van der Waals surface area contributed by atoms with E-state index in [2.05, 4.69) is 5.32 Å². The Morgan fingerprint density at radius 2 is 1.90 bits per heavy atom.